The van der Waals surface area contributed by atoms with Gasteiger partial charge in [-0.15, -0.1) is 0 Å². The lowest BCUT2D eigenvalue weighted by atomic mass is 10.1. The molecule has 9 nitrogen and oxygen atoms in total. The molecule has 2 fully saturated rings. The average Bonchev–Trinajstić information content (AvgIpc) is 3.37. The molecule has 31 heavy (non-hydrogen) atoms. The summed E-state index contributed by atoms with van der Waals surface area (Å²) in [6.07, 6.45) is 6.54. The Kier molecular flexibility index (Phi) is 4.09. The molecule has 160 valence electrons. The fourth-order valence-corrected chi connectivity index (χ4v) is 5.91. The van der Waals surface area contributed by atoms with E-state index in [0.29, 0.717) is 44.1 Å². The number of ether oxygens (including phenoxy) is 1. The predicted molar refractivity (Wildman–Crippen MR) is 118 cm³/mol. The highest BCUT2D eigenvalue weighted by molar-refractivity contribution is 7.91. The molecular weight excluding hydrogens is 416 g/mol. The van der Waals surface area contributed by atoms with Crippen LogP contribution in [0.3, 0.4) is 0 Å². The van der Waals surface area contributed by atoms with Crippen molar-refractivity contribution in [1.29, 1.82) is 0 Å². The first kappa shape index (κ1) is 18.8. The number of nitrogens with one attached hydrogen (secondary N) is 1. The largest absolute Gasteiger partial charge is 0.377 e. The number of aromatic nitrogens is 5. The molecule has 0 spiro atoms. The third-order valence-corrected chi connectivity index (χ3v) is 8.21. The number of H-pyrrole nitrogens is 1. The van der Waals surface area contributed by atoms with Crippen LogP contribution < -0.4 is 4.90 Å². The van der Waals surface area contributed by atoms with Crippen LogP contribution in [0.5, 0.6) is 0 Å². The minimum Gasteiger partial charge on any atom is -0.377 e. The summed E-state index contributed by atoms with van der Waals surface area (Å²) < 4.78 is 33.1. The highest BCUT2D eigenvalue weighted by atomic mass is 32.2. The van der Waals surface area contributed by atoms with Crippen molar-refractivity contribution in [3.05, 3.63) is 36.8 Å². The maximum Gasteiger partial charge on any atom is 0.243 e. The molecule has 1 N–H and O–H groups in total. The Bertz CT molecular complexity index is 1410. The molecule has 1 aliphatic carbocycles. The first-order chi connectivity index (χ1) is 15.0. The Hall–Kier alpha value is -2.98. The zero-order chi connectivity index (χ0) is 21.2. The molecule has 0 amide bonds. The van der Waals surface area contributed by atoms with Gasteiger partial charge >= 0.3 is 0 Å². The van der Waals surface area contributed by atoms with Crippen LogP contribution in [0.4, 0.5) is 5.82 Å². The number of anilines is 1. The topological polar surface area (TPSA) is 106 Å². The van der Waals surface area contributed by atoms with Crippen molar-refractivity contribution in [2.45, 2.75) is 31.1 Å². The fourth-order valence-electron chi connectivity index (χ4n) is 4.24. The summed E-state index contributed by atoms with van der Waals surface area (Å²) in [4.78, 5) is 19.4. The van der Waals surface area contributed by atoms with E-state index in [1.165, 1.54) is 3.97 Å². The first-order valence-corrected chi connectivity index (χ1v) is 11.9. The third kappa shape index (κ3) is 2.93. The number of nitrogens with zero attached hydrogens (tertiary/aromatic N) is 5. The SMILES string of the molecule is C[C@@H]1COCCN1c1nc(-c2ccnc3[nH]ccc23)nc2c1ccn2S(=O)(=O)C1CC1. The van der Waals surface area contributed by atoms with Gasteiger partial charge in [0, 0.05) is 36.1 Å². The Morgan fingerprint density at radius 1 is 1.16 bits per heavy atom. The number of hydrogen-bond acceptors (Lipinski definition) is 7. The molecule has 0 unspecified atom stereocenters. The second-order valence-electron chi connectivity index (χ2n) is 8.18. The van der Waals surface area contributed by atoms with Gasteiger partial charge in [0.25, 0.3) is 0 Å². The lowest BCUT2D eigenvalue weighted by molar-refractivity contribution is 0.0987. The molecule has 0 aromatic carbocycles. The van der Waals surface area contributed by atoms with Crippen molar-refractivity contribution in [2.24, 2.45) is 0 Å². The number of pyridine rings is 1. The van der Waals surface area contributed by atoms with E-state index in [1.54, 1.807) is 12.4 Å². The summed E-state index contributed by atoms with van der Waals surface area (Å²) in [6, 6.07) is 5.73. The summed E-state index contributed by atoms with van der Waals surface area (Å²) in [6.45, 7) is 3.97. The van der Waals surface area contributed by atoms with Crippen LogP contribution in [0.2, 0.25) is 0 Å². The highest BCUT2D eigenvalue weighted by Crippen LogP contribution is 2.36. The van der Waals surface area contributed by atoms with E-state index in [0.717, 1.165) is 27.8 Å². The van der Waals surface area contributed by atoms with Crippen molar-refractivity contribution < 1.29 is 13.2 Å². The molecule has 4 aromatic rings. The molecule has 1 saturated heterocycles. The predicted octanol–water partition coefficient (Wildman–Crippen LogP) is 2.54. The Morgan fingerprint density at radius 2 is 2.03 bits per heavy atom. The van der Waals surface area contributed by atoms with Gasteiger partial charge in [-0.1, -0.05) is 0 Å². The van der Waals surface area contributed by atoms with Crippen molar-refractivity contribution in [2.75, 3.05) is 24.7 Å². The summed E-state index contributed by atoms with van der Waals surface area (Å²) in [5.74, 6) is 1.22. The molecular formula is C21H22N6O3S. The lowest BCUT2D eigenvalue weighted by Crippen LogP contribution is -2.44. The first-order valence-electron chi connectivity index (χ1n) is 10.4. The Labute approximate surface area is 179 Å². The number of aromatic amines is 1. The Morgan fingerprint density at radius 3 is 2.84 bits per heavy atom. The monoisotopic (exact) mass is 438 g/mol. The van der Waals surface area contributed by atoms with Crippen LogP contribution in [0.25, 0.3) is 33.5 Å². The number of rotatable bonds is 4. The molecule has 1 atom stereocenters. The molecule has 1 aliphatic heterocycles. The van der Waals surface area contributed by atoms with Crippen LogP contribution in [0.1, 0.15) is 19.8 Å². The number of hydrogen-bond donors (Lipinski definition) is 1. The van der Waals surface area contributed by atoms with Crippen LogP contribution in [0, 0.1) is 0 Å². The van der Waals surface area contributed by atoms with Gasteiger partial charge in [0.15, 0.2) is 11.5 Å². The summed E-state index contributed by atoms with van der Waals surface area (Å²) in [5, 5.41) is 1.30. The van der Waals surface area contributed by atoms with Crippen LogP contribution >= 0.6 is 0 Å². The van der Waals surface area contributed by atoms with E-state index in [4.69, 9.17) is 14.7 Å². The average molecular weight is 439 g/mol. The van der Waals surface area contributed by atoms with E-state index in [-0.39, 0.29) is 11.3 Å². The minimum atomic E-state index is -3.48. The van der Waals surface area contributed by atoms with E-state index >= 15 is 0 Å². The van der Waals surface area contributed by atoms with Crippen molar-refractivity contribution in [1.82, 2.24) is 23.9 Å². The lowest BCUT2D eigenvalue weighted by Gasteiger charge is -2.34. The summed E-state index contributed by atoms with van der Waals surface area (Å²) >= 11 is 0. The number of fused-ring (bicyclic) bond motifs is 2. The molecule has 2 aliphatic rings. The zero-order valence-corrected chi connectivity index (χ0v) is 17.8. The molecule has 0 bridgehead atoms. The minimum absolute atomic E-state index is 0.118. The molecule has 0 radical (unpaired) electrons. The van der Waals surface area contributed by atoms with E-state index in [2.05, 4.69) is 21.8 Å². The molecule has 10 heteroatoms. The molecule has 6 rings (SSSR count). The van der Waals surface area contributed by atoms with E-state index in [1.807, 2.05) is 24.4 Å². The fraction of sp³-hybridized carbons (Fsp3) is 0.381. The standard InChI is InChI=1S/C21H22N6O3S/c1-13-12-30-11-10-26(13)20-17-6-9-27(31(28,29)14-2-3-14)21(17)25-19(24-20)16-5-8-23-18-15(16)4-7-22-18/h4-9,13-14H,2-3,10-12H2,1H3,(H,22,23)/t13-/m1/s1. The normalized spacial score (nSPS) is 20.0. The van der Waals surface area contributed by atoms with Crippen molar-refractivity contribution in [3.63, 3.8) is 0 Å². The van der Waals surface area contributed by atoms with Crippen LogP contribution in [0.15, 0.2) is 36.8 Å². The molecule has 4 aromatic heterocycles. The third-order valence-electron chi connectivity index (χ3n) is 6.05. The van der Waals surface area contributed by atoms with Gasteiger partial charge < -0.3 is 14.6 Å². The summed E-state index contributed by atoms with van der Waals surface area (Å²) in [5.41, 5.74) is 1.97. The van der Waals surface area contributed by atoms with Gasteiger partial charge in [-0.25, -0.2) is 27.3 Å². The van der Waals surface area contributed by atoms with Crippen LogP contribution in [-0.4, -0.2) is 63.4 Å². The maximum absolute atomic E-state index is 13.1. The van der Waals surface area contributed by atoms with Gasteiger partial charge in [-0.3, -0.25) is 0 Å². The van der Waals surface area contributed by atoms with Gasteiger partial charge in [-0.2, -0.15) is 0 Å². The van der Waals surface area contributed by atoms with Gasteiger partial charge in [0.1, 0.15) is 11.5 Å². The molecule has 1 saturated carbocycles. The molecule has 5 heterocycles. The van der Waals surface area contributed by atoms with Crippen molar-refractivity contribution in [3.8, 4) is 11.4 Å². The number of morpholine rings is 1. The quantitative estimate of drug-likeness (QED) is 0.522. The van der Waals surface area contributed by atoms with Crippen LogP contribution in [-0.2, 0) is 14.8 Å². The summed E-state index contributed by atoms with van der Waals surface area (Å²) in [7, 11) is -3.48. The second-order valence-corrected chi connectivity index (χ2v) is 10.3. The van der Waals surface area contributed by atoms with Crippen molar-refractivity contribution >= 4 is 37.9 Å². The van der Waals surface area contributed by atoms with Gasteiger partial charge in [-0.05, 0) is 38.0 Å². The highest BCUT2D eigenvalue weighted by Gasteiger charge is 2.38. The van der Waals surface area contributed by atoms with Gasteiger partial charge in [0.05, 0.1) is 29.9 Å². The Balaban J connectivity index is 1.63. The van der Waals surface area contributed by atoms with Gasteiger partial charge in [0.2, 0.25) is 10.0 Å². The zero-order valence-electron chi connectivity index (χ0n) is 17.0. The maximum atomic E-state index is 13.1. The van der Waals surface area contributed by atoms with E-state index < -0.39 is 10.0 Å². The van der Waals surface area contributed by atoms with E-state index in [9.17, 15) is 8.42 Å². The second kappa shape index (κ2) is 6.76. The smallest absolute Gasteiger partial charge is 0.243 e.